The highest BCUT2D eigenvalue weighted by Gasteiger charge is 2.35. The largest absolute Gasteiger partial charge is 0.480 e. The van der Waals surface area contributed by atoms with E-state index in [1.165, 1.54) is 0 Å². The fourth-order valence-corrected chi connectivity index (χ4v) is 2.05. The van der Waals surface area contributed by atoms with Crippen LogP contribution in [-0.2, 0) is 11.3 Å². The number of nitrogens with zero attached hydrogens (tertiary/aromatic N) is 3. The molecule has 0 saturated carbocycles. The molecule has 1 aliphatic heterocycles. The van der Waals surface area contributed by atoms with Crippen LogP contribution in [0.2, 0.25) is 0 Å². The van der Waals surface area contributed by atoms with Crippen LogP contribution in [0.15, 0.2) is 18.7 Å². The number of hydrogen-bond donors (Lipinski definition) is 2. The normalized spacial score (nSPS) is 26.1. The SMILES string of the molecule is O=C(O)C1CC(O)CN1CCn1ccnc1. The van der Waals surface area contributed by atoms with Gasteiger partial charge in [0.05, 0.1) is 12.4 Å². The maximum atomic E-state index is 10.9. The Balaban J connectivity index is 1.90. The molecule has 1 aromatic rings. The second-order valence-electron chi connectivity index (χ2n) is 4.04. The first-order valence-corrected chi connectivity index (χ1v) is 5.27. The molecule has 0 aliphatic carbocycles. The summed E-state index contributed by atoms with van der Waals surface area (Å²) >= 11 is 0. The van der Waals surface area contributed by atoms with E-state index < -0.39 is 18.1 Å². The van der Waals surface area contributed by atoms with Crippen LogP contribution in [0.1, 0.15) is 6.42 Å². The van der Waals surface area contributed by atoms with Gasteiger partial charge in [0.25, 0.3) is 0 Å². The summed E-state index contributed by atoms with van der Waals surface area (Å²) in [6, 6.07) is -0.557. The number of carboxylic acids is 1. The third kappa shape index (κ3) is 2.40. The number of carboxylic acid groups (broad SMARTS) is 1. The van der Waals surface area contributed by atoms with Gasteiger partial charge in [0.2, 0.25) is 0 Å². The molecule has 0 spiro atoms. The predicted molar refractivity (Wildman–Crippen MR) is 55.8 cm³/mol. The molecule has 88 valence electrons. The van der Waals surface area contributed by atoms with Crippen LogP contribution in [-0.4, -0.2) is 55.9 Å². The predicted octanol–water partition coefficient (Wildman–Crippen LogP) is -0.597. The summed E-state index contributed by atoms with van der Waals surface area (Å²) in [5.74, 6) is -0.859. The molecule has 0 aromatic carbocycles. The van der Waals surface area contributed by atoms with Crippen molar-refractivity contribution >= 4 is 5.97 Å². The van der Waals surface area contributed by atoms with Gasteiger partial charge in [-0.05, 0) is 0 Å². The zero-order valence-corrected chi connectivity index (χ0v) is 8.86. The summed E-state index contributed by atoms with van der Waals surface area (Å²) in [5.41, 5.74) is 0. The number of β-amino-alcohol motifs (C(OH)–C–C–N with tert-alkyl or cyclic N) is 1. The summed E-state index contributed by atoms with van der Waals surface area (Å²) in [7, 11) is 0. The van der Waals surface area contributed by atoms with Gasteiger partial charge in [0.1, 0.15) is 6.04 Å². The first kappa shape index (κ1) is 11.1. The van der Waals surface area contributed by atoms with Gasteiger partial charge < -0.3 is 14.8 Å². The summed E-state index contributed by atoms with van der Waals surface area (Å²) in [6.07, 6.45) is 5.01. The van der Waals surface area contributed by atoms with Crippen molar-refractivity contribution in [2.24, 2.45) is 0 Å². The van der Waals surface area contributed by atoms with Crippen LogP contribution < -0.4 is 0 Å². The van der Waals surface area contributed by atoms with E-state index in [-0.39, 0.29) is 0 Å². The molecule has 2 heterocycles. The van der Waals surface area contributed by atoms with Crippen LogP contribution in [0.3, 0.4) is 0 Å². The highest BCUT2D eigenvalue weighted by atomic mass is 16.4. The van der Waals surface area contributed by atoms with Gasteiger partial charge >= 0.3 is 5.97 Å². The monoisotopic (exact) mass is 225 g/mol. The first-order chi connectivity index (χ1) is 7.66. The molecule has 2 rings (SSSR count). The lowest BCUT2D eigenvalue weighted by Crippen LogP contribution is -2.37. The molecule has 2 N–H and O–H groups in total. The van der Waals surface area contributed by atoms with Gasteiger partial charge in [0, 0.05) is 38.4 Å². The third-order valence-corrected chi connectivity index (χ3v) is 2.87. The molecule has 0 bridgehead atoms. The molecular formula is C10H15N3O3. The highest BCUT2D eigenvalue weighted by molar-refractivity contribution is 5.74. The molecule has 1 aromatic heterocycles. The average molecular weight is 225 g/mol. The lowest BCUT2D eigenvalue weighted by Gasteiger charge is -2.20. The molecule has 16 heavy (non-hydrogen) atoms. The van der Waals surface area contributed by atoms with E-state index in [4.69, 9.17) is 5.11 Å². The number of carbonyl (C=O) groups is 1. The fourth-order valence-electron chi connectivity index (χ4n) is 2.05. The van der Waals surface area contributed by atoms with Crippen molar-refractivity contribution in [2.45, 2.75) is 25.1 Å². The van der Waals surface area contributed by atoms with E-state index in [1.807, 2.05) is 10.8 Å². The van der Waals surface area contributed by atoms with Crippen LogP contribution in [0, 0.1) is 0 Å². The molecule has 6 nitrogen and oxygen atoms in total. The molecule has 1 fully saturated rings. The van der Waals surface area contributed by atoms with Crippen molar-refractivity contribution in [3.8, 4) is 0 Å². The Labute approximate surface area is 93.1 Å². The van der Waals surface area contributed by atoms with Crippen molar-refractivity contribution in [3.63, 3.8) is 0 Å². The van der Waals surface area contributed by atoms with Crippen molar-refractivity contribution < 1.29 is 15.0 Å². The quantitative estimate of drug-likeness (QED) is 0.715. The Morgan fingerprint density at radius 2 is 2.31 bits per heavy atom. The molecule has 1 saturated heterocycles. The van der Waals surface area contributed by atoms with Crippen LogP contribution in [0.25, 0.3) is 0 Å². The Bertz CT molecular complexity index is 352. The van der Waals surface area contributed by atoms with E-state index >= 15 is 0 Å². The number of hydrogen-bond acceptors (Lipinski definition) is 4. The van der Waals surface area contributed by atoms with E-state index in [1.54, 1.807) is 17.4 Å². The number of aromatic nitrogens is 2. The molecule has 2 unspecified atom stereocenters. The molecular weight excluding hydrogens is 210 g/mol. The van der Waals surface area contributed by atoms with Gasteiger partial charge in [0.15, 0.2) is 0 Å². The van der Waals surface area contributed by atoms with Crippen LogP contribution in [0.4, 0.5) is 0 Å². The Kier molecular flexibility index (Phi) is 3.21. The minimum Gasteiger partial charge on any atom is -0.480 e. The van der Waals surface area contributed by atoms with Crippen molar-refractivity contribution in [1.82, 2.24) is 14.5 Å². The minimum atomic E-state index is -0.859. The van der Waals surface area contributed by atoms with Gasteiger partial charge in [-0.2, -0.15) is 0 Å². The highest BCUT2D eigenvalue weighted by Crippen LogP contribution is 2.17. The number of likely N-dealkylation sites (tertiary alicyclic amines) is 1. The maximum Gasteiger partial charge on any atom is 0.321 e. The van der Waals surface area contributed by atoms with Crippen molar-refractivity contribution in [2.75, 3.05) is 13.1 Å². The second-order valence-corrected chi connectivity index (χ2v) is 4.04. The van der Waals surface area contributed by atoms with Crippen molar-refractivity contribution in [1.29, 1.82) is 0 Å². The summed E-state index contributed by atoms with van der Waals surface area (Å²) in [5, 5.41) is 18.4. The van der Waals surface area contributed by atoms with Gasteiger partial charge in [-0.1, -0.05) is 0 Å². The van der Waals surface area contributed by atoms with E-state index in [0.29, 0.717) is 26.1 Å². The zero-order chi connectivity index (χ0) is 11.5. The zero-order valence-electron chi connectivity index (χ0n) is 8.86. The number of aliphatic hydroxyl groups is 1. The maximum absolute atomic E-state index is 10.9. The van der Waals surface area contributed by atoms with E-state index in [9.17, 15) is 9.90 Å². The van der Waals surface area contributed by atoms with E-state index in [0.717, 1.165) is 0 Å². The van der Waals surface area contributed by atoms with Crippen LogP contribution >= 0.6 is 0 Å². The molecule has 2 atom stereocenters. The summed E-state index contributed by atoms with van der Waals surface area (Å²) < 4.78 is 1.89. The van der Waals surface area contributed by atoms with Gasteiger partial charge in [-0.15, -0.1) is 0 Å². The number of aliphatic hydroxyl groups excluding tert-OH is 1. The standard InChI is InChI=1S/C10H15N3O3/c14-8-5-9(10(15)16)13(6-8)4-3-12-2-1-11-7-12/h1-2,7-9,14H,3-6H2,(H,15,16). The minimum absolute atomic E-state index is 0.319. The number of imidazole rings is 1. The van der Waals surface area contributed by atoms with Crippen molar-refractivity contribution in [3.05, 3.63) is 18.7 Å². The first-order valence-electron chi connectivity index (χ1n) is 5.27. The average Bonchev–Trinajstić information content (AvgIpc) is 2.83. The third-order valence-electron chi connectivity index (χ3n) is 2.87. The molecule has 1 aliphatic rings. The topological polar surface area (TPSA) is 78.6 Å². The van der Waals surface area contributed by atoms with Gasteiger partial charge in [-0.3, -0.25) is 9.69 Å². The summed E-state index contributed by atoms with van der Waals surface area (Å²) in [6.45, 7) is 1.74. The van der Waals surface area contributed by atoms with Gasteiger partial charge in [-0.25, -0.2) is 4.98 Å². The summed E-state index contributed by atoms with van der Waals surface area (Å²) in [4.78, 5) is 16.7. The van der Waals surface area contributed by atoms with E-state index in [2.05, 4.69) is 4.98 Å². The molecule has 6 heteroatoms. The lowest BCUT2D eigenvalue weighted by atomic mass is 10.2. The Hall–Kier alpha value is -1.40. The lowest BCUT2D eigenvalue weighted by molar-refractivity contribution is -0.142. The Morgan fingerprint density at radius 1 is 1.50 bits per heavy atom. The smallest absolute Gasteiger partial charge is 0.321 e. The molecule has 0 amide bonds. The Morgan fingerprint density at radius 3 is 2.94 bits per heavy atom. The van der Waals surface area contributed by atoms with Crippen LogP contribution in [0.5, 0.6) is 0 Å². The number of aliphatic carboxylic acids is 1. The fraction of sp³-hybridized carbons (Fsp3) is 0.600. The molecule has 0 radical (unpaired) electrons. The second kappa shape index (κ2) is 4.63. The number of rotatable bonds is 4.